The lowest BCUT2D eigenvalue weighted by Gasteiger charge is -2.22. The first-order valence-electron chi connectivity index (χ1n) is 6.13. The Labute approximate surface area is 97.2 Å². The highest BCUT2D eigenvalue weighted by molar-refractivity contribution is 5.01. The third-order valence-corrected chi connectivity index (χ3v) is 3.05. The van der Waals surface area contributed by atoms with Crippen molar-refractivity contribution in [2.45, 2.75) is 25.9 Å². The molecular formula is C13H20N2O. The van der Waals surface area contributed by atoms with Gasteiger partial charge in [-0.05, 0) is 50.4 Å². The van der Waals surface area contributed by atoms with Crippen LogP contribution >= 0.6 is 0 Å². The minimum absolute atomic E-state index is 0.640. The molecule has 0 spiro atoms. The maximum absolute atomic E-state index is 5.63. The van der Waals surface area contributed by atoms with Gasteiger partial charge in [0.15, 0.2) is 0 Å². The van der Waals surface area contributed by atoms with Gasteiger partial charge in [0.05, 0.1) is 12.3 Å². The zero-order valence-electron chi connectivity index (χ0n) is 9.69. The second-order valence-electron chi connectivity index (χ2n) is 4.37. The summed E-state index contributed by atoms with van der Waals surface area (Å²) in [5.74, 6) is 0.803. The van der Waals surface area contributed by atoms with E-state index in [0.29, 0.717) is 6.61 Å². The van der Waals surface area contributed by atoms with E-state index in [0.717, 1.165) is 24.8 Å². The molecule has 1 unspecified atom stereocenters. The molecular weight excluding hydrogens is 200 g/mol. The molecule has 1 N–H and O–H groups in total. The van der Waals surface area contributed by atoms with Gasteiger partial charge in [-0.25, -0.2) is 0 Å². The fraction of sp³-hybridized carbons (Fsp3) is 0.615. The summed E-state index contributed by atoms with van der Waals surface area (Å²) in [7, 11) is 0. The Kier molecular flexibility index (Phi) is 4.77. The molecule has 1 atom stereocenters. The number of pyridine rings is 1. The lowest BCUT2D eigenvalue weighted by molar-refractivity contribution is 0.101. The molecule has 0 aromatic carbocycles. The number of rotatable bonds is 5. The van der Waals surface area contributed by atoms with E-state index in [1.54, 1.807) is 0 Å². The smallest absolute Gasteiger partial charge is 0.0887 e. The number of hydrogen-bond acceptors (Lipinski definition) is 3. The van der Waals surface area contributed by atoms with Gasteiger partial charge in [-0.3, -0.25) is 4.98 Å². The Morgan fingerprint density at radius 1 is 1.44 bits per heavy atom. The molecule has 1 aromatic rings. The van der Waals surface area contributed by atoms with Crippen LogP contribution in [0.25, 0.3) is 0 Å². The molecule has 0 saturated carbocycles. The van der Waals surface area contributed by atoms with Gasteiger partial charge in [0, 0.05) is 12.8 Å². The van der Waals surface area contributed by atoms with Gasteiger partial charge in [0.2, 0.25) is 0 Å². The first-order valence-corrected chi connectivity index (χ1v) is 6.13. The van der Waals surface area contributed by atoms with Crippen molar-refractivity contribution >= 4 is 0 Å². The molecule has 2 rings (SSSR count). The Morgan fingerprint density at radius 2 is 2.44 bits per heavy atom. The predicted molar refractivity (Wildman–Crippen MR) is 64.1 cm³/mol. The van der Waals surface area contributed by atoms with Gasteiger partial charge in [0.25, 0.3) is 0 Å². The van der Waals surface area contributed by atoms with Crippen molar-refractivity contribution < 1.29 is 4.74 Å². The van der Waals surface area contributed by atoms with E-state index in [1.807, 2.05) is 24.4 Å². The Hall–Kier alpha value is -0.930. The number of nitrogens with one attached hydrogen (secondary N) is 1. The first-order chi connectivity index (χ1) is 7.95. The predicted octanol–water partition coefficient (Wildman–Crippen LogP) is 1.99. The second kappa shape index (κ2) is 6.61. The van der Waals surface area contributed by atoms with Crippen molar-refractivity contribution in [3.8, 4) is 0 Å². The van der Waals surface area contributed by atoms with Crippen LogP contribution in [0.5, 0.6) is 0 Å². The molecule has 1 saturated heterocycles. The van der Waals surface area contributed by atoms with Crippen molar-refractivity contribution in [2.24, 2.45) is 5.92 Å². The molecule has 1 aliphatic rings. The van der Waals surface area contributed by atoms with Gasteiger partial charge in [-0.15, -0.1) is 0 Å². The fourth-order valence-electron chi connectivity index (χ4n) is 2.08. The summed E-state index contributed by atoms with van der Waals surface area (Å²) >= 11 is 0. The maximum atomic E-state index is 5.63. The minimum Gasteiger partial charge on any atom is -0.375 e. The van der Waals surface area contributed by atoms with Crippen molar-refractivity contribution in [3.63, 3.8) is 0 Å². The van der Waals surface area contributed by atoms with Crippen LogP contribution in [0.15, 0.2) is 24.4 Å². The molecule has 3 nitrogen and oxygen atoms in total. The SMILES string of the molecule is c1ccc(COCCC2CCCNC2)nc1. The average molecular weight is 220 g/mol. The maximum Gasteiger partial charge on any atom is 0.0887 e. The number of nitrogens with zero attached hydrogens (tertiary/aromatic N) is 1. The third-order valence-electron chi connectivity index (χ3n) is 3.05. The van der Waals surface area contributed by atoms with Crippen LogP contribution in [-0.4, -0.2) is 24.7 Å². The number of aromatic nitrogens is 1. The van der Waals surface area contributed by atoms with Gasteiger partial charge < -0.3 is 10.1 Å². The van der Waals surface area contributed by atoms with E-state index in [-0.39, 0.29) is 0 Å². The van der Waals surface area contributed by atoms with Crippen molar-refractivity contribution in [3.05, 3.63) is 30.1 Å². The monoisotopic (exact) mass is 220 g/mol. The zero-order valence-corrected chi connectivity index (χ0v) is 9.69. The van der Waals surface area contributed by atoms with E-state index in [2.05, 4.69) is 10.3 Å². The van der Waals surface area contributed by atoms with Crippen molar-refractivity contribution in [1.29, 1.82) is 0 Å². The van der Waals surface area contributed by atoms with Crippen LogP contribution in [0.3, 0.4) is 0 Å². The van der Waals surface area contributed by atoms with Gasteiger partial charge >= 0.3 is 0 Å². The first kappa shape index (κ1) is 11.6. The standard InChI is InChI=1S/C13H20N2O/c1-2-8-15-13(5-1)11-16-9-6-12-4-3-7-14-10-12/h1-2,5,8,12,14H,3-4,6-7,9-11H2. The summed E-state index contributed by atoms with van der Waals surface area (Å²) in [4.78, 5) is 4.23. The van der Waals surface area contributed by atoms with E-state index in [1.165, 1.54) is 25.8 Å². The number of ether oxygens (including phenoxy) is 1. The normalized spacial score (nSPS) is 20.9. The quantitative estimate of drug-likeness (QED) is 0.771. The van der Waals surface area contributed by atoms with Gasteiger partial charge in [-0.1, -0.05) is 6.07 Å². The van der Waals surface area contributed by atoms with E-state index in [4.69, 9.17) is 4.74 Å². The molecule has 0 amide bonds. The van der Waals surface area contributed by atoms with Crippen LogP contribution in [-0.2, 0) is 11.3 Å². The number of hydrogen-bond donors (Lipinski definition) is 1. The van der Waals surface area contributed by atoms with Crippen LogP contribution in [0.2, 0.25) is 0 Å². The van der Waals surface area contributed by atoms with Crippen molar-refractivity contribution in [1.82, 2.24) is 10.3 Å². The molecule has 0 radical (unpaired) electrons. The summed E-state index contributed by atoms with van der Waals surface area (Å²) in [5, 5.41) is 3.43. The summed E-state index contributed by atoms with van der Waals surface area (Å²) < 4.78 is 5.63. The number of piperidine rings is 1. The summed E-state index contributed by atoms with van der Waals surface area (Å²) in [5.41, 5.74) is 1.02. The lowest BCUT2D eigenvalue weighted by atomic mass is 9.97. The molecule has 88 valence electrons. The van der Waals surface area contributed by atoms with Crippen LogP contribution in [0.1, 0.15) is 25.0 Å². The highest BCUT2D eigenvalue weighted by Crippen LogP contribution is 2.13. The van der Waals surface area contributed by atoms with E-state index < -0.39 is 0 Å². The molecule has 16 heavy (non-hydrogen) atoms. The lowest BCUT2D eigenvalue weighted by Crippen LogP contribution is -2.30. The van der Waals surface area contributed by atoms with E-state index in [9.17, 15) is 0 Å². The topological polar surface area (TPSA) is 34.1 Å². The van der Waals surface area contributed by atoms with Crippen LogP contribution < -0.4 is 5.32 Å². The molecule has 0 bridgehead atoms. The molecule has 2 heterocycles. The molecule has 3 heteroatoms. The second-order valence-corrected chi connectivity index (χ2v) is 4.37. The van der Waals surface area contributed by atoms with Crippen LogP contribution in [0, 0.1) is 5.92 Å². The molecule has 0 aliphatic carbocycles. The Morgan fingerprint density at radius 3 is 3.19 bits per heavy atom. The van der Waals surface area contributed by atoms with Crippen LogP contribution in [0.4, 0.5) is 0 Å². The van der Waals surface area contributed by atoms with E-state index >= 15 is 0 Å². The largest absolute Gasteiger partial charge is 0.375 e. The summed E-state index contributed by atoms with van der Waals surface area (Å²) in [6.07, 6.45) is 5.63. The minimum atomic E-state index is 0.640. The fourth-order valence-corrected chi connectivity index (χ4v) is 2.08. The average Bonchev–Trinajstić information content (AvgIpc) is 2.37. The van der Waals surface area contributed by atoms with Gasteiger partial charge in [0.1, 0.15) is 0 Å². The molecule has 1 aromatic heterocycles. The highest BCUT2D eigenvalue weighted by atomic mass is 16.5. The summed E-state index contributed by atoms with van der Waals surface area (Å²) in [6.45, 7) is 3.84. The Bertz CT molecular complexity index is 283. The zero-order chi connectivity index (χ0) is 11.1. The summed E-state index contributed by atoms with van der Waals surface area (Å²) in [6, 6.07) is 5.93. The van der Waals surface area contributed by atoms with Crippen molar-refractivity contribution in [2.75, 3.05) is 19.7 Å². The Balaban J connectivity index is 1.58. The molecule has 1 fully saturated rings. The highest BCUT2D eigenvalue weighted by Gasteiger charge is 2.12. The van der Waals surface area contributed by atoms with Gasteiger partial charge in [-0.2, -0.15) is 0 Å². The third kappa shape index (κ3) is 3.91. The molecule has 1 aliphatic heterocycles.